The van der Waals surface area contributed by atoms with E-state index in [2.05, 4.69) is 44.2 Å². The molecule has 1 fully saturated rings. The number of nitrogens with one attached hydrogen (secondary N) is 1. The van der Waals surface area contributed by atoms with Gasteiger partial charge in [0, 0.05) is 37.0 Å². The second-order valence-corrected chi connectivity index (χ2v) is 6.71. The zero-order valence-electron chi connectivity index (χ0n) is 12.2. The molecule has 3 atom stereocenters. The Bertz CT molecular complexity index is 208. The molecule has 0 spiro atoms. The second kappa shape index (κ2) is 7.65. The fourth-order valence-corrected chi connectivity index (χ4v) is 3.54. The molecular weight excluding hydrogens is 228 g/mol. The van der Waals surface area contributed by atoms with Gasteiger partial charge in [0.15, 0.2) is 0 Å². The van der Waals surface area contributed by atoms with Crippen molar-refractivity contribution in [2.75, 3.05) is 25.1 Å². The van der Waals surface area contributed by atoms with Crippen LogP contribution in [0, 0.1) is 5.92 Å². The summed E-state index contributed by atoms with van der Waals surface area (Å²) < 4.78 is 0. The van der Waals surface area contributed by atoms with Crippen molar-refractivity contribution in [1.29, 1.82) is 0 Å². The van der Waals surface area contributed by atoms with Crippen LogP contribution >= 0.6 is 11.8 Å². The molecule has 1 aliphatic rings. The molecule has 1 rings (SSSR count). The SMILES string of the molecule is CCC1CNC(CC(C)C)CN1C(C)CSC. The average Bonchev–Trinajstić information content (AvgIpc) is 2.28. The number of piperazine rings is 1. The maximum atomic E-state index is 3.73. The van der Waals surface area contributed by atoms with Crippen molar-refractivity contribution in [3.05, 3.63) is 0 Å². The molecule has 102 valence electrons. The van der Waals surface area contributed by atoms with Crippen LogP contribution in [0.25, 0.3) is 0 Å². The van der Waals surface area contributed by atoms with Crippen LogP contribution in [0.5, 0.6) is 0 Å². The topological polar surface area (TPSA) is 15.3 Å². The minimum Gasteiger partial charge on any atom is -0.311 e. The Kier molecular flexibility index (Phi) is 6.90. The van der Waals surface area contributed by atoms with E-state index < -0.39 is 0 Å². The summed E-state index contributed by atoms with van der Waals surface area (Å²) in [7, 11) is 0. The maximum Gasteiger partial charge on any atom is 0.0221 e. The van der Waals surface area contributed by atoms with Gasteiger partial charge >= 0.3 is 0 Å². The van der Waals surface area contributed by atoms with E-state index in [0.717, 1.165) is 12.0 Å². The highest BCUT2D eigenvalue weighted by Gasteiger charge is 2.29. The molecule has 2 nitrogen and oxygen atoms in total. The van der Waals surface area contributed by atoms with E-state index in [1.807, 2.05) is 11.8 Å². The third-order valence-corrected chi connectivity index (χ3v) is 4.56. The molecule has 0 aromatic carbocycles. The largest absolute Gasteiger partial charge is 0.311 e. The van der Waals surface area contributed by atoms with Gasteiger partial charge in [-0.3, -0.25) is 4.90 Å². The number of hydrogen-bond acceptors (Lipinski definition) is 3. The predicted octanol–water partition coefficient (Wildman–Crippen LogP) is 2.84. The third kappa shape index (κ3) is 4.80. The summed E-state index contributed by atoms with van der Waals surface area (Å²) in [5.74, 6) is 2.05. The van der Waals surface area contributed by atoms with Gasteiger partial charge in [0.25, 0.3) is 0 Å². The smallest absolute Gasteiger partial charge is 0.0221 e. The summed E-state index contributed by atoms with van der Waals surface area (Å²) >= 11 is 1.97. The summed E-state index contributed by atoms with van der Waals surface area (Å²) in [5.41, 5.74) is 0. The maximum absolute atomic E-state index is 3.73. The van der Waals surface area contributed by atoms with Gasteiger partial charge in [-0.15, -0.1) is 0 Å². The van der Waals surface area contributed by atoms with E-state index >= 15 is 0 Å². The average molecular weight is 258 g/mol. The van der Waals surface area contributed by atoms with Gasteiger partial charge in [0.05, 0.1) is 0 Å². The number of nitrogens with zero attached hydrogens (tertiary/aromatic N) is 1. The van der Waals surface area contributed by atoms with E-state index in [1.165, 1.54) is 31.7 Å². The Balaban J connectivity index is 2.54. The molecule has 1 aliphatic heterocycles. The summed E-state index contributed by atoms with van der Waals surface area (Å²) in [6.45, 7) is 11.8. The molecule has 17 heavy (non-hydrogen) atoms. The minimum absolute atomic E-state index is 0.696. The van der Waals surface area contributed by atoms with Gasteiger partial charge in [-0.2, -0.15) is 11.8 Å². The van der Waals surface area contributed by atoms with E-state index in [9.17, 15) is 0 Å². The zero-order valence-corrected chi connectivity index (χ0v) is 13.0. The molecule has 0 radical (unpaired) electrons. The van der Waals surface area contributed by atoms with Crippen molar-refractivity contribution >= 4 is 11.8 Å². The lowest BCUT2D eigenvalue weighted by atomic mass is 9.98. The summed E-state index contributed by atoms with van der Waals surface area (Å²) in [6.07, 6.45) is 4.78. The zero-order chi connectivity index (χ0) is 12.8. The predicted molar refractivity (Wildman–Crippen MR) is 79.9 cm³/mol. The Morgan fingerprint density at radius 3 is 2.59 bits per heavy atom. The van der Waals surface area contributed by atoms with Crippen molar-refractivity contribution in [2.45, 2.75) is 58.7 Å². The Labute approximate surface area is 112 Å². The van der Waals surface area contributed by atoms with Gasteiger partial charge < -0.3 is 5.32 Å². The van der Waals surface area contributed by atoms with Crippen LogP contribution in [-0.2, 0) is 0 Å². The lowest BCUT2D eigenvalue weighted by molar-refractivity contribution is 0.0898. The second-order valence-electron chi connectivity index (χ2n) is 5.80. The first kappa shape index (κ1) is 15.3. The van der Waals surface area contributed by atoms with E-state index in [0.29, 0.717) is 12.1 Å². The van der Waals surface area contributed by atoms with Gasteiger partial charge in [-0.05, 0) is 31.9 Å². The fraction of sp³-hybridized carbons (Fsp3) is 1.00. The first-order valence-corrected chi connectivity index (χ1v) is 8.45. The van der Waals surface area contributed by atoms with Crippen molar-refractivity contribution in [1.82, 2.24) is 10.2 Å². The first-order valence-electron chi connectivity index (χ1n) is 7.06. The third-order valence-electron chi connectivity index (χ3n) is 3.74. The summed E-state index contributed by atoms with van der Waals surface area (Å²) in [5, 5.41) is 3.73. The minimum atomic E-state index is 0.696. The van der Waals surface area contributed by atoms with Gasteiger partial charge in [-0.25, -0.2) is 0 Å². The number of thioether (sulfide) groups is 1. The summed E-state index contributed by atoms with van der Waals surface area (Å²) in [6, 6.07) is 2.15. The van der Waals surface area contributed by atoms with Crippen molar-refractivity contribution in [2.24, 2.45) is 5.92 Å². The molecule has 0 aliphatic carbocycles. The van der Waals surface area contributed by atoms with Crippen molar-refractivity contribution in [3.63, 3.8) is 0 Å². The van der Waals surface area contributed by atoms with E-state index in [1.54, 1.807) is 0 Å². The van der Waals surface area contributed by atoms with Crippen molar-refractivity contribution in [3.8, 4) is 0 Å². The molecule has 0 saturated carbocycles. The van der Waals surface area contributed by atoms with Gasteiger partial charge in [0.1, 0.15) is 0 Å². The van der Waals surface area contributed by atoms with Crippen LogP contribution in [0.4, 0.5) is 0 Å². The molecule has 0 aromatic rings. The number of hydrogen-bond donors (Lipinski definition) is 1. The Hall–Kier alpha value is 0.270. The normalized spacial score (nSPS) is 28.6. The lowest BCUT2D eigenvalue weighted by Crippen LogP contribution is -2.59. The van der Waals surface area contributed by atoms with Gasteiger partial charge in [-0.1, -0.05) is 20.8 Å². The Morgan fingerprint density at radius 1 is 1.35 bits per heavy atom. The van der Waals surface area contributed by atoms with Crippen LogP contribution in [0.2, 0.25) is 0 Å². The van der Waals surface area contributed by atoms with Gasteiger partial charge in [0.2, 0.25) is 0 Å². The molecule has 1 N–H and O–H groups in total. The lowest BCUT2D eigenvalue weighted by Gasteiger charge is -2.44. The Morgan fingerprint density at radius 2 is 2.06 bits per heavy atom. The molecule has 3 heteroatoms. The van der Waals surface area contributed by atoms with Crippen LogP contribution in [0.15, 0.2) is 0 Å². The van der Waals surface area contributed by atoms with Crippen LogP contribution < -0.4 is 5.32 Å². The highest BCUT2D eigenvalue weighted by atomic mass is 32.2. The molecule has 0 bridgehead atoms. The van der Waals surface area contributed by atoms with E-state index in [4.69, 9.17) is 0 Å². The first-order chi connectivity index (χ1) is 8.08. The highest BCUT2D eigenvalue weighted by Crippen LogP contribution is 2.19. The van der Waals surface area contributed by atoms with Crippen LogP contribution in [-0.4, -0.2) is 48.1 Å². The number of rotatable bonds is 6. The van der Waals surface area contributed by atoms with Crippen LogP contribution in [0.3, 0.4) is 0 Å². The monoisotopic (exact) mass is 258 g/mol. The standard InChI is InChI=1S/C14H30N2S/c1-6-14-8-15-13(7-11(2)3)9-16(14)12(4)10-17-5/h11-15H,6-10H2,1-5H3. The summed E-state index contributed by atoms with van der Waals surface area (Å²) in [4.78, 5) is 2.74. The van der Waals surface area contributed by atoms with E-state index in [-0.39, 0.29) is 0 Å². The molecule has 0 amide bonds. The molecule has 1 saturated heterocycles. The van der Waals surface area contributed by atoms with Crippen LogP contribution in [0.1, 0.15) is 40.5 Å². The molecule has 3 unspecified atom stereocenters. The quantitative estimate of drug-likeness (QED) is 0.789. The van der Waals surface area contributed by atoms with Crippen molar-refractivity contribution < 1.29 is 0 Å². The highest BCUT2D eigenvalue weighted by molar-refractivity contribution is 7.98. The fourth-order valence-electron chi connectivity index (χ4n) is 2.87. The molecule has 0 aromatic heterocycles. The molecule has 1 heterocycles. The molecular formula is C14H30N2S.